The first-order valence-electron chi connectivity index (χ1n) is 9.67. The van der Waals surface area contributed by atoms with E-state index in [1.807, 2.05) is 22.8 Å². The molecule has 0 amide bonds. The maximum Gasteiger partial charge on any atom is 0.178 e. The Balaban J connectivity index is 1.50. The van der Waals surface area contributed by atoms with Crippen LogP contribution in [0.4, 0.5) is 11.6 Å². The van der Waals surface area contributed by atoms with E-state index in [1.54, 1.807) is 0 Å². The Morgan fingerprint density at radius 3 is 2.63 bits per heavy atom. The number of pyridine rings is 1. The number of hydrogen-bond acceptors (Lipinski definition) is 6. The summed E-state index contributed by atoms with van der Waals surface area (Å²) in [6.45, 7) is 9.25. The van der Waals surface area contributed by atoms with Crippen molar-refractivity contribution >= 4 is 17.3 Å². The molecule has 0 atom stereocenters. The molecule has 7 nitrogen and oxygen atoms in total. The van der Waals surface area contributed by atoms with Gasteiger partial charge in [-0.15, -0.1) is 15.3 Å². The summed E-state index contributed by atoms with van der Waals surface area (Å²) in [5, 5.41) is 16.6. The Morgan fingerprint density at radius 1 is 1.04 bits per heavy atom. The third-order valence-electron chi connectivity index (χ3n) is 4.90. The Kier molecular flexibility index (Phi) is 4.68. The molecule has 0 unspecified atom stereocenters. The summed E-state index contributed by atoms with van der Waals surface area (Å²) in [5.74, 6) is 2.74. The van der Waals surface area contributed by atoms with E-state index in [0.29, 0.717) is 6.54 Å². The Bertz CT molecular complexity index is 919. The van der Waals surface area contributed by atoms with Gasteiger partial charge in [-0.05, 0) is 49.1 Å². The molecular weight excluding hydrogens is 338 g/mol. The maximum atomic E-state index is 4.68. The van der Waals surface area contributed by atoms with Crippen LogP contribution in [-0.2, 0) is 12.0 Å². The largest absolute Gasteiger partial charge is 0.365 e. The van der Waals surface area contributed by atoms with E-state index >= 15 is 0 Å². The lowest BCUT2D eigenvalue weighted by Gasteiger charge is -2.27. The fourth-order valence-electron chi connectivity index (χ4n) is 3.41. The number of nitrogens with zero attached hydrogens (tertiary/aromatic N) is 6. The number of aromatic nitrogens is 5. The van der Waals surface area contributed by atoms with Crippen LogP contribution in [0.3, 0.4) is 0 Å². The Labute approximate surface area is 159 Å². The zero-order valence-corrected chi connectivity index (χ0v) is 16.3. The summed E-state index contributed by atoms with van der Waals surface area (Å²) in [6, 6.07) is 8.13. The molecule has 1 N–H and O–H groups in total. The predicted octanol–water partition coefficient (Wildman–Crippen LogP) is 3.42. The molecule has 142 valence electrons. The van der Waals surface area contributed by atoms with Crippen LogP contribution in [0.2, 0.25) is 0 Å². The second kappa shape index (κ2) is 7.13. The summed E-state index contributed by atoms with van der Waals surface area (Å²) >= 11 is 0. The molecule has 1 saturated heterocycles. The van der Waals surface area contributed by atoms with E-state index in [2.05, 4.69) is 63.4 Å². The number of piperidine rings is 1. The normalized spacial score (nSPS) is 15.3. The van der Waals surface area contributed by atoms with Gasteiger partial charge in [0.15, 0.2) is 11.5 Å². The van der Waals surface area contributed by atoms with Crippen molar-refractivity contribution in [3.63, 3.8) is 0 Å². The lowest BCUT2D eigenvalue weighted by molar-refractivity contribution is 0.527. The molecule has 0 spiro atoms. The quantitative estimate of drug-likeness (QED) is 0.764. The molecule has 0 aliphatic carbocycles. The molecule has 27 heavy (non-hydrogen) atoms. The van der Waals surface area contributed by atoms with Gasteiger partial charge >= 0.3 is 0 Å². The number of anilines is 2. The topological polar surface area (TPSA) is 71.2 Å². The van der Waals surface area contributed by atoms with E-state index in [-0.39, 0.29) is 5.41 Å². The van der Waals surface area contributed by atoms with Crippen molar-refractivity contribution < 1.29 is 0 Å². The molecule has 3 aromatic heterocycles. The monoisotopic (exact) mass is 365 g/mol. The molecule has 4 rings (SSSR count). The smallest absolute Gasteiger partial charge is 0.178 e. The second-order valence-electron chi connectivity index (χ2n) is 8.19. The van der Waals surface area contributed by atoms with Gasteiger partial charge in [0.1, 0.15) is 11.6 Å². The Morgan fingerprint density at radius 2 is 1.85 bits per heavy atom. The highest BCUT2D eigenvalue weighted by Gasteiger charge is 2.21. The number of hydrogen-bond donors (Lipinski definition) is 1. The molecule has 1 aliphatic heterocycles. The van der Waals surface area contributed by atoms with Crippen molar-refractivity contribution in [2.75, 3.05) is 23.3 Å². The summed E-state index contributed by atoms with van der Waals surface area (Å²) in [4.78, 5) is 6.93. The van der Waals surface area contributed by atoms with E-state index < -0.39 is 0 Å². The first-order chi connectivity index (χ1) is 13.0. The first-order valence-corrected chi connectivity index (χ1v) is 9.67. The molecule has 7 heteroatoms. The summed E-state index contributed by atoms with van der Waals surface area (Å²) in [7, 11) is 0. The average molecular weight is 365 g/mol. The second-order valence-corrected chi connectivity index (χ2v) is 8.19. The van der Waals surface area contributed by atoms with Gasteiger partial charge in [0.05, 0.1) is 0 Å². The molecular formula is C20H27N7. The van der Waals surface area contributed by atoms with Gasteiger partial charge in [-0.2, -0.15) is 4.52 Å². The predicted molar refractivity (Wildman–Crippen MR) is 107 cm³/mol. The fraction of sp³-hybridized carbons (Fsp3) is 0.500. The molecule has 0 aromatic carbocycles. The number of fused-ring (bicyclic) bond motifs is 1. The minimum absolute atomic E-state index is 0.112. The summed E-state index contributed by atoms with van der Waals surface area (Å²) in [6.07, 6.45) is 5.73. The van der Waals surface area contributed by atoms with Crippen LogP contribution in [0.1, 0.15) is 51.4 Å². The molecule has 3 aromatic rings. The lowest BCUT2D eigenvalue weighted by atomic mass is 9.96. The van der Waals surface area contributed by atoms with Gasteiger partial charge in [0.2, 0.25) is 0 Å². The Hall–Kier alpha value is -2.70. The van der Waals surface area contributed by atoms with Crippen LogP contribution in [0, 0.1) is 0 Å². The van der Waals surface area contributed by atoms with Crippen molar-refractivity contribution in [1.82, 2.24) is 24.8 Å². The molecule has 1 aliphatic rings. The standard InChI is InChI=1S/C20H27N7/c1-20(2,3)19-24-23-17-8-7-16(25-27(17)19)22-14-15-9-10-21-18(13-15)26-11-5-4-6-12-26/h7-10,13H,4-6,11-12,14H2,1-3H3,(H,22,25). The first kappa shape index (κ1) is 17.7. The zero-order chi connectivity index (χ0) is 18.9. The van der Waals surface area contributed by atoms with E-state index in [9.17, 15) is 0 Å². The van der Waals surface area contributed by atoms with Crippen molar-refractivity contribution in [3.8, 4) is 0 Å². The van der Waals surface area contributed by atoms with Gasteiger partial charge < -0.3 is 10.2 Å². The fourth-order valence-corrected chi connectivity index (χ4v) is 3.41. The van der Waals surface area contributed by atoms with E-state index in [4.69, 9.17) is 0 Å². The highest BCUT2D eigenvalue weighted by atomic mass is 15.4. The van der Waals surface area contributed by atoms with Crippen molar-refractivity contribution in [2.45, 2.75) is 52.0 Å². The minimum Gasteiger partial charge on any atom is -0.365 e. The zero-order valence-electron chi connectivity index (χ0n) is 16.3. The molecule has 4 heterocycles. The van der Waals surface area contributed by atoms with Crippen LogP contribution < -0.4 is 10.2 Å². The van der Waals surface area contributed by atoms with E-state index in [1.165, 1.54) is 24.8 Å². The van der Waals surface area contributed by atoms with Crippen LogP contribution >= 0.6 is 0 Å². The third-order valence-corrected chi connectivity index (χ3v) is 4.90. The van der Waals surface area contributed by atoms with Crippen molar-refractivity contribution in [2.24, 2.45) is 0 Å². The SMILES string of the molecule is CC(C)(C)c1nnc2ccc(NCc3ccnc(N4CCCCC4)c3)nn12. The lowest BCUT2D eigenvalue weighted by Crippen LogP contribution is -2.30. The van der Waals surface area contributed by atoms with Gasteiger partial charge in [-0.25, -0.2) is 4.98 Å². The van der Waals surface area contributed by atoms with Gasteiger partial charge in [0, 0.05) is 31.2 Å². The maximum absolute atomic E-state index is 4.68. The summed E-state index contributed by atoms with van der Waals surface area (Å²) in [5.41, 5.74) is 1.86. The van der Waals surface area contributed by atoms with Crippen LogP contribution in [0.15, 0.2) is 30.5 Å². The van der Waals surface area contributed by atoms with Crippen LogP contribution in [-0.4, -0.2) is 37.9 Å². The molecule has 1 fully saturated rings. The minimum atomic E-state index is -0.112. The highest BCUT2D eigenvalue weighted by Crippen LogP contribution is 2.21. The number of nitrogens with one attached hydrogen (secondary N) is 1. The average Bonchev–Trinajstić information content (AvgIpc) is 3.11. The van der Waals surface area contributed by atoms with Gasteiger partial charge in [0.25, 0.3) is 0 Å². The number of rotatable bonds is 4. The van der Waals surface area contributed by atoms with E-state index in [0.717, 1.165) is 36.2 Å². The molecule has 0 saturated carbocycles. The van der Waals surface area contributed by atoms with Crippen molar-refractivity contribution in [1.29, 1.82) is 0 Å². The van der Waals surface area contributed by atoms with Crippen molar-refractivity contribution in [3.05, 3.63) is 41.9 Å². The van der Waals surface area contributed by atoms with Crippen LogP contribution in [0.25, 0.3) is 5.65 Å². The molecule has 0 bridgehead atoms. The summed E-state index contributed by atoms with van der Waals surface area (Å²) < 4.78 is 1.83. The van der Waals surface area contributed by atoms with Crippen LogP contribution in [0.5, 0.6) is 0 Å². The third kappa shape index (κ3) is 3.86. The molecule has 0 radical (unpaired) electrons. The van der Waals surface area contributed by atoms with Gasteiger partial charge in [-0.1, -0.05) is 20.8 Å². The van der Waals surface area contributed by atoms with Gasteiger partial charge in [-0.3, -0.25) is 0 Å². The highest BCUT2D eigenvalue weighted by molar-refractivity contribution is 5.46.